The van der Waals surface area contributed by atoms with Crippen LogP contribution in [-0.4, -0.2) is 43.4 Å². The van der Waals surface area contributed by atoms with E-state index in [2.05, 4.69) is 41.1 Å². The van der Waals surface area contributed by atoms with Crippen LogP contribution in [0.2, 0.25) is 0 Å². The predicted octanol–water partition coefficient (Wildman–Crippen LogP) is 3.29. The van der Waals surface area contributed by atoms with Crippen molar-refractivity contribution in [2.75, 3.05) is 5.75 Å². The highest BCUT2D eigenvalue weighted by molar-refractivity contribution is 7.99. The molecule has 6 heteroatoms. The monoisotopic (exact) mass is 358 g/mol. The van der Waals surface area contributed by atoms with Crippen molar-refractivity contribution in [1.82, 2.24) is 19.7 Å². The number of amides is 1. The van der Waals surface area contributed by atoms with Gasteiger partial charge in [-0.3, -0.25) is 4.79 Å². The third kappa shape index (κ3) is 4.24. The molecule has 1 aromatic heterocycles. The lowest BCUT2D eigenvalue weighted by molar-refractivity contribution is -0.134. The van der Waals surface area contributed by atoms with Crippen molar-refractivity contribution in [2.45, 2.75) is 56.8 Å². The second kappa shape index (κ2) is 8.04. The Balaban J connectivity index is 1.61. The van der Waals surface area contributed by atoms with E-state index in [9.17, 15) is 4.79 Å². The zero-order valence-corrected chi connectivity index (χ0v) is 16.0. The molecule has 3 rings (SSSR count). The van der Waals surface area contributed by atoms with Crippen molar-refractivity contribution < 1.29 is 4.79 Å². The van der Waals surface area contributed by atoms with Crippen LogP contribution in [0, 0.1) is 0 Å². The Labute approximate surface area is 153 Å². The standard InChI is InChI=1S/C19H26N4OS/c1-14-8-7-9-15(2)23(14)18(24)13-25-19-21-20-17(22(19)3)12-16-10-5-4-6-11-16/h4-6,10-11,14-15H,7-9,12-13H2,1-3H3/t14-,15-/m1/s1. The van der Waals surface area contributed by atoms with E-state index in [1.807, 2.05) is 29.8 Å². The van der Waals surface area contributed by atoms with Crippen molar-refractivity contribution in [2.24, 2.45) is 7.05 Å². The molecule has 1 aliphatic rings. The first-order valence-corrected chi connectivity index (χ1v) is 9.91. The summed E-state index contributed by atoms with van der Waals surface area (Å²) in [6.45, 7) is 4.30. The normalized spacial score (nSPS) is 20.7. The average molecular weight is 359 g/mol. The minimum Gasteiger partial charge on any atom is -0.337 e. The molecule has 0 bridgehead atoms. The number of likely N-dealkylation sites (tertiary alicyclic amines) is 1. The summed E-state index contributed by atoms with van der Waals surface area (Å²) in [6, 6.07) is 10.9. The fourth-order valence-electron chi connectivity index (χ4n) is 3.52. The van der Waals surface area contributed by atoms with Gasteiger partial charge >= 0.3 is 0 Å². The van der Waals surface area contributed by atoms with Crippen molar-refractivity contribution in [1.29, 1.82) is 0 Å². The second-order valence-electron chi connectivity index (χ2n) is 6.84. The third-order valence-corrected chi connectivity index (χ3v) is 5.94. The number of hydrogen-bond donors (Lipinski definition) is 0. The number of benzene rings is 1. The smallest absolute Gasteiger partial charge is 0.233 e. The van der Waals surface area contributed by atoms with Gasteiger partial charge in [0.05, 0.1) is 5.75 Å². The summed E-state index contributed by atoms with van der Waals surface area (Å²) >= 11 is 1.48. The van der Waals surface area contributed by atoms with Gasteiger partial charge in [-0.1, -0.05) is 42.1 Å². The number of piperidine rings is 1. The molecule has 2 heterocycles. The minimum absolute atomic E-state index is 0.206. The zero-order chi connectivity index (χ0) is 17.8. The number of aromatic nitrogens is 3. The quantitative estimate of drug-likeness (QED) is 0.770. The molecule has 2 atom stereocenters. The summed E-state index contributed by atoms with van der Waals surface area (Å²) < 4.78 is 1.99. The first-order valence-electron chi connectivity index (χ1n) is 8.92. The number of rotatable bonds is 5. The molecule has 2 aromatic rings. The summed E-state index contributed by atoms with van der Waals surface area (Å²) in [5.74, 6) is 1.55. The van der Waals surface area contributed by atoms with Gasteiger partial charge in [0.1, 0.15) is 5.82 Å². The van der Waals surface area contributed by atoms with Crippen LogP contribution in [0.15, 0.2) is 35.5 Å². The Morgan fingerprint density at radius 2 is 1.84 bits per heavy atom. The van der Waals surface area contributed by atoms with Crippen molar-refractivity contribution >= 4 is 17.7 Å². The highest BCUT2D eigenvalue weighted by Crippen LogP contribution is 2.25. The molecule has 5 nitrogen and oxygen atoms in total. The largest absolute Gasteiger partial charge is 0.337 e. The number of hydrogen-bond acceptors (Lipinski definition) is 4. The first kappa shape index (κ1) is 18.0. The lowest BCUT2D eigenvalue weighted by atomic mass is 9.98. The van der Waals surface area contributed by atoms with Crippen LogP contribution in [-0.2, 0) is 18.3 Å². The van der Waals surface area contributed by atoms with E-state index < -0.39 is 0 Å². The zero-order valence-electron chi connectivity index (χ0n) is 15.2. The fraction of sp³-hybridized carbons (Fsp3) is 0.526. The molecule has 1 amide bonds. The van der Waals surface area contributed by atoms with E-state index in [1.54, 1.807) is 0 Å². The maximum Gasteiger partial charge on any atom is 0.233 e. The van der Waals surface area contributed by atoms with E-state index in [0.29, 0.717) is 17.8 Å². The van der Waals surface area contributed by atoms with Gasteiger partial charge in [-0.05, 0) is 38.7 Å². The summed E-state index contributed by atoms with van der Waals surface area (Å²) in [5, 5.41) is 9.37. The van der Waals surface area contributed by atoms with Crippen molar-refractivity contribution in [3.63, 3.8) is 0 Å². The lowest BCUT2D eigenvalue weighted by Gasteiger charge is -2.39. The van der Waals surface area contributed by atoms with E-state index in [1.165, 1.54) is 23.7 Å². The van der Waals surface area contributed by atoms with E-state index >= 15 is 0 Å². The maximum absolute atomic E-state index is 12.6. The minimum atomic E-state index is 0.206. The molecule has 134 valence electrons. The molecule has 0 aliphatic carbocycles. The maximum atomic E-state index is 12.6. The molecule has 1 aliphatic heterocycles. The Kier molecular flexibility index (Phi) is 5.78. The van der Waals surface area contributed by atoms with Gasteiger partial charge in [-0.25, -0.2) is 0 Å². The van der Waals surface area contributed by atoms with E-state index in [-0.39, 0.29) is 5.91 Å². The van der Waals surface area contributed by atoms with Crippen LogP contribution in [0.5, 0.6) is 0 Å². The topological polar surface area (TPSA) is 51.0 Å². The van der Waals surface area contributed by atoms with Crippen LogP contribution >= 0.6 is 11.8 Å². The molecule has 0 radical (unpaired) electrons. The van der Waals surface area contributed by atoms with Gasteiger partial charge in [-0.2, -0.15) is 0 Å². The molecular weight excluding hydrogens is 332 g/mol. The van der Waals surface area contributed by atoms with E-state index in [4.69, 9.17) is 0 Å². The number of carbonyl (C=O) groups is 1. The Bertz CT molecular complexity index is 705. The Morgan fingerprint density at radius 3 is 2.52 bits per heavy atom. The van der Waals surface area contributed by atoms with Crippen LogP contribution in [0.4, 0.5) is 0 Å². The number of nitrogens with zero attached hydrogens (tertiary/aromatic N) is 4. The summed E-state index contributed by atoms with van der Waals surface area (Å²) in [7, 11) is 1.97. The molecular formula is C19H26N4OS. The van der Waals surface area contributed by atoms with Gasteiger partial charge < -0.3 is 9.47 Å². The van der Waals surface area contributed by atoms with Gasteiger partial charge in [0, 0.05) is 25.6 Å². The highest BCUT2D eigenvalue weighted by Gasteiger charge is 2.29. The lowest BCUT2D eigenvalue weighted by Crippen LogP contribution is -2.48. The summed E-state index contributed by atoms with van der Waals surface area (Å²) in [6.07, 6.45) is 4.17. The first-order chi connectivity index (χ1) is 12.1. The van der Waals surface area contributed by atoms with Crippen LogP contribution in [0.25, 0.3) is 0 Å². The Hall–Kier alpha value is -1.82. The van der Waals surface area contributed by atoms with Crippen LogP contribution in [0.1, 0.15) is 44.5 Å². The molecule has 25 heavy (non-hydrogen) atoms. The van der Waals surface area contributed by atoms with Gasteiger partial charge in [0.2, 0.25) is 5.91 Å². The van der Waals surface area contributed by atoms with Crippen LogP contribution in [0.3, 0.4) is 0 Å². The molecule has 1 saturated heterocycles. The van der Waals surface area contributed by atoms with Crippen molar-refractivity contribution in [3.05, 3.63) is 41.7 Å². The number of thioether (sulfide) groups is 1. The molecule has 0 N–H and O–H groups in total. The van der Waals surface area contributed by atoms with E-state index in [0.717, 1.165) is 30.2 Å². The molecule has 0 unspecified atom stereocenters. The molecule has 0 saturated carbocycles. The van der Waals surface area contributed by atoms with Crippen LogP contribution < -0.4 is 0 Å². The molecule has 0 spiro atoms. The van der Waals surface area contributed by atoms with Gasteiger partial charge in [0.15, 0.2) is 5.16 Å². The predicted molar refractivity (Wildman–Crippen MR) is 101 cm³/mol. The van der Waals surface area contributed by atoms with Crippen molar-refractivity contribution in [3.8, 4) is 0 Å². The SMILES string of the molecule is C[C@@H]1CCC[C@@H](C)N1C(=O)CSc1nnc(Cc2ccccc2)n1C. The number of carbonyl (C=O) groups excluding carboxylic acids is 1. The van der Waals surface area contributed by atoms with Gasteiger partial charge in [-0.15, -0.1) is 10.2 Å². The van der Waals surface area contributed by atoms with Gasteiger partial charge in [0.25, 0.3) is 0 Å². The average Bonchev–Trinajstić information content (AvgIpc) is 2.94. The highest BCUT2D eigenvalue weighted by atomic mass is 32.2. The molecule has 1 fully saturated rings. The fourth-order valence-corrected chi connectivity index (χ4v) is 4.32. The molecule has 1 aromatic carbocycles. The summed E-state index contributed by atoms with van der Waals surface area (Å²) in [4.78, 5) is 14.7. The second-order valence-corrected chi connectivity index (χ2v) is 7.78. The Morgan fingerprint density at radius 1 is 1.16 bits per heavy atom. The summed E-state index contributed by atoms with van der Waals surface area (Å²) in [5.41, 5.74) is 1.21. The third-order valence-electron chi connectivity index (χ3n) is 4.94.